The zero-order valence-electron chi connectivity index (χ0n) is 13.6. The minimum atomic E-state index is -0.411. The van der Waals surface area contributed by atoms with E-state index in [-0.39, 0.29) is 6.09 Å². The molecule has 120 valence electrons. The largest absolute Gasteiger partial charge is 0.449 e. The van der Waals surface area contributed by atoms with Gasteiger partial charge in [-0.1, -0.05) is 51.5 Å². The van der Waals surface area contributed by atoms with Crippen molar-refractivity contribution < 1.29 is 14.3 Å². The third-order valence-electron chi connectivity index (χ3n) is 3.41. The van der Waals surface area contributed by atoms with Crippen molar-refractivity contribution in [1.29, 1.82) is 0 Å². The van der Waals surface area contributed by atoms with Gasteiger partial charge in [-0.3, -0.25) is 0 Å². The molecular formula is C18H25NO3. The van der Waals surface area contributed by atoms with E-state index in [1.807, 2.05) is 36.4 Å². The molecule has 0 saturated heterocycles. The summed E-state index contributed by atoms with van der Waals surface area (Å²) in [7, 11) is 0. The van der Waals surface area contributed by atoms with Gasteiger partial charge in [0.05, 0.1) is 18.9 Å². The van der Waals surface area contributed by atoms with E-state index in [0.29, 0.717) is 19.1 Å². The van der Waals surface area contributed by atoms with Crippen molar-refractivity contribution in [2.24, 2.45) is 5.92 Å². The number of para-hydroxylation sites is 1. The van der Waals surface area contributed by atoms with Crippen LogP contribution in [0.2, 0.25) is 0 Å². The lowest BCUT2D eigenvalue weighted by Crippen LogP contribution is -2.43. The summed E-state index contributed by atoms with van der Waals surface area (Å²) in [4.78, 5) is 14.1. The maximum absolute atomic E-state index is 12.5. The predicted octanol–water partition coefficient (Wildman–Crippen LogP) is 4.46. The zero-order valence-corrected chi connectivity index (χ0v) is 13.6. The van der Waals surface area contributed by atoms with E-state index in [1.54, 1.807) is 4.90 Å². The summed E-state index contributed by atoms with van der Waals surface area (Å²) < 4.78 is 11.3. The van der Waals surface area contributed by atoms with E-state index in [9.17, 15) is 4.79 Å². The van der Waals surface area contributed by atoms with Crippen molar-refractivity contribution in [3.8, 4) is 0 Å². The number of anilines is 1. The van der Waals surface area contributed by atoms with Gasteiger partial charge in [0.2, 0.25) is 0 Å². The molecule has 1 atom stereocenters. The number of benzene rings is 1. The smallest absolute Gasteiger partial charge is 0.416 e. The van der Waals surface area contributed by atoms with Crippen LogP contribution in [-0.2, 0) is 9.47 Å². The quantitative estimate of drug-likeness (QED) is 0.728. The highest BCUT2D eigenvalue weighted by Crippen LogP contribution is 2.30. The molecule has 1 aliphatic rings. The molecule has 0 radical (unpaired) electrons. The molecule has 1 aromatic rings. The van der Waals surface area contributed by atoms with Crippen molar-refractivity contribution in [2.75, 3.05) is 18.1 Å². The molecule has 1 unspecified atom stereocenters. The Hall–Kier alpha value is -1.81. The summed E-state index contributed by atoms with van der Waals surface area (Å²) in [5.41, 5.74) is 1.83. The molecule has 22 heavy (non-hydrogen) atoms. The monoisotopic (exact) mass is 303 g/mol. The number of carbonyl (C=O) groups is 1. The third kappa shape index (κ3) is 4.10. The summed E-state index contributed by atoms with van der Waals surface area (Å²) in [6, 6.07) is 7.78. The molecule has 1 aromatic carbocycles. The van der Waals surface area contributed by atoms with Crippen LogP contribution in [0.4, 0.5) is 10.5 Å². The topological polar surface area (TPSA) is 38.8 Å². The van der Waals surface area contributed by atoms with Crippen LogP contribution in [0, 0.1) is 5.92 Å². The number of nitrogens with zero attached hydrogens (tertiary/aromatic N) is 1. The second-order valence-corrected chi connectivity index (χ2v) is 5.87. The van der Waals surface area contributed by atoms with Crippen molar-refractivity contribution in [1.82, 2.24) is 0 Å². The van der Waals surface area contributed by atoms with Crippen LogP contribution in [0.5, 0.6) is 0 Å². The molecule has 0 N–H and O–H groups in total. The Kier molecular flexibility index (Phi) is 6.01. The van der Waals surface area contributed by atoms with E-state index in [1.165, 1.54) is 0 Å². The van der Waals surface area contributed by atoms with Crippen molar-refractivity contribution in [3.63, 3.8) is 0 Å². The van der Waals surface area contributed by atoms with Gasteiger partial charge < -0.3 is 9.47 Å². The first kappa shape index (κ1) is 16.6. The summed E-state index contributed by atoms with van der Waals surface area (Å²) in [5, 5.41) is 0. The molecule has 1 amide bonds. The molecular weight excluding hydrogens is 278 g/mol. The first-order chi connectivity index (χ1) is 10.6. The number of rotatable bonds is 6. The molecule has 4 nitrogen and oxygen atoms in total. The summed E-state index contributed by atoms with van der Waals surface area (Å²) in [5.74, 6) is 0.406. The molecule has 2 rings (SSSR count). The lowest BCUT2D eigenvalue weighted by molar-refractivity contribution is 0.0570. The Labute approximate surface area is 132 Å². The number of unbranched alkanes of at least 4 members (excludes halogenated alkanes) is 1. The fourth-order valence-corrected chi connectivity index (χ4v) is 2.25. The fourth-order valence-electron chi connectivity index (χ4n) is 2.25. The van der Waals surface area contributed by atoms with Crippen molar-refractivity contribution in [2.45, 2.75) is 39.8 Å². The molecule has 0 bridgehead atoms. The molecule has 1 heterocycles. The average Bonchev–Trinajstić information content (AvgIpc) is 2.52. The second-order valence-electron chi connectivity index (χ2n) is 5.87. The lowest BCUT2D eigenvalue weighted by atomic mass is 10.1. The van der Waals surface area contributed by atoms with Crippen LogP contribution < -0.4 is 4.90 Å². The number of hydrogen-bond acceptors (Lipinski definition) is 3. The van der Waals surface area contributed by atoms with Crippen LogP contribution in [0.25, 0.3) is 6.08 Å². The second kappa shape index (κ2) is 7.99. The molecule has 0 aliphatic carbocycles. The first-order valence-electron chi connectivity index (χ1n) is 7.98. The standard InChI is InChI=1S/C18H25NO3/c1-4-5-12-21-18(20)19-16-9-7-6-8-15(16)10-11-17(19)22-13-14(2)3/h6-11,14,17H,4-5,12-13H2,1-3H3. The minimum absolute atomic E-state index is 0.348. The van der Waals surface area contributed by atoms with Gasteiger partial charge in [0, 0.05) is 0 Å². The van der Waals surface area contributed by atoms with Gasteiger partial charge in [-0.2, -0.15) is 0 Å². The summed E-state index contributed by atoms with van der Waals surface area (Å²) in [6.07, 6.45) is 5.01. The molecule has 0 aromatic heterocycles. The number of amides is 1. The molecule has 4 heteroatoms. The number of hydrogen-bond donors (Lipinski definition) is 0. The average molecular weight is 303 g/mol. The van der Waals surface area contributed by atoms with Gasteiger partial charge in [0.25, 0.3) is 0 Å². The Morgan fingerprint density at radius 2 is 2.09 bits per heavy atom. The highest BCUT2D eigenvalue weighted by Gasteiger charge is 2.29. The minimum Gasteiger partial charge on any atom is -0.449 e. The maximum Gasteiger partial charge on any atom is 0.416 e. The van der Waals surface area contributed by atoms with Crippen molar-refractivity contribution >= 4 is 17.9 Å². The Morgan fingerprint density at radius 3 is 2.82 bits per heavy atom. The molecule has 0 fully saturated rings. The van der Waals surface area contributed by atoms with Gasteiger partial charge in [-0.05, 0) is 30.0 Å². The zero-order chi connectivity index (χ0) is 15.9. The van der Waals surface area contributed by atoms with E-state index in [4.69, 9.17) is 9.47 Å². The van der Waals surface area contributed by atoms with Crippen LogP contribution in [0.3, 0.4) is 0 Å². The SMILES string of the molecule is CCCCOC(=O)N1c2ccccc2C=CC1OCC(C)C. The maximum atomic E-state index is 12.5. The predicted molar refractivity (Wildman–Crippen MR) is 88.8 cm³/mol. The van der Waals surface area contributed by atoms with Crippen LogP contribution in [0.1, 0.15) is 39.2 Å². The van der Waals surface area contributed by atoms with Gasteiger partial charge in [-0.25, -0.2) is 9.69 Å². The molecule has 1 aliphatic heterocycles. The number of carbonyl (C=O) groups excluding carboxylic acids is 1. The Balaban J connectivity index is 2.17. The van der Waals surface area contributed by atoms with Crippen molar-refractivity contribution in [3.05, 3.63) is 35.9 Å². The normalized spacial score (nSPS) is 16.7. The lowest BCUT2D eigenvalue weighted by Gasteiger charge is -2.33. The number of fused-ring (bicyclic) bond motifs is 1. The third-order valence-corrected chi connectivity index (χ3v) is 3.41. The summed E-state index contributed by atoms with van der Waals surface area (Å²) in [6.45, 7) is 7.28. The van der Waals surface area contributed by atoms with Crippen LogP contribution in [0.15, 0.2) is 30.3 Å². The highest BCUT2D eigenvalue weighted by molar-refractivity contribution is 5.93. The summed E-state index contributed by atoms with van der Waals surface area (Å²) >= 11 is 0. The van der Waals surface area contributed by atoms with Gasteiger partial charge >= 0.3 is 6.09 Å². The Bertz CT molecular complexity index is 525. The van der Waals surface area contributed by atoms with E-state index in [2.05, 4.69) is 20.8 Å². The Morgan fingerprint density at radius 1 is 1.32 bits per heavy atom. The van der Waals surface area contributed by atoms with E-state index < -0.39 is 6.23 Å². The molecule has 0 saturated carbocycles. The fraction of sp³-hybridized carbons (Fsp3) is 0.500. The van der Waals surface area contributed by atoms with Gasteiger partial charge in [0.1, 0.15) is 0 Å². The van der Waals surface area contributed by atoms with Crippen LogP contribution in [-0.4, -0.2) is 25.5 Å². The van der Waals surface area contributed by atoms with Crippen LogP contribution >= 0.6 is 0 Å². The van der Waals surface area contributed by atoms with E-state index in [0.717, 1.165) is 24.1 Å². The van der Waals surface area contributed by atoms with Gasteiger partial charge in [-0.15, -0.1) is 0 Å². The van der Waals surface area contributed by atoms with Gasteiger partial charge in [0.15, 0.2) is 6.23 Å². The van der Waals surface area contributed by atoms with E-state index >= 15 is 0 Å². The number of ether oxygens (including phenoxy) is 2. The molecule has 0 spiro atoms. The highest BCUT2D eigenvalue weighted by atomic mass is 16.6. The first-order valence-corrected chi connectivity index (χ1v) is 7.98.